The highest BCUT2D eigenvalue weighted by Gasteiger charge is 2.33. The minimum Gasteiger partial charge on any atom is -0.444 e. The van der Waals surface area contributed by atoms with E-state index in [1.807, 2.05) is 33.8 Å². The van der Waals surface area contributed by atoms with Crippen LogP contribution in [0.5, 0.6) is 0 Å². The van der Waals surface area contributed by atoms with Crippen LogP contribution in [0, 0.1) is 18.7 Å². The van der Waals surface area contributed by atoms with Crippen LogP contribution in [-0.4, -0.2) is 29.7 Å². The maximum absolute atomic E-state index is 13.5. The zero-order chi connectivity index (χ0) is 16.5. The van der Waals surface area contributed by atoms with E-state index in [2.05, 4.69) is 0 Å². The molecule has 1 heterocycles. The molecule has 1 aromatic carbocycles. The second kappa shape index (κ2) is 6.24. The van der Waals surface area contributed by atoms with Gasteiger partial charge in [-0.25, -0.2) is 9.18 Å². The van der Waals surface area contributed by atoms with Crippen molar-refractivity contribution < 1.29 is 13.9 Å². The number of carbonyl (C=O) groups is 1. The van der Waals surface area contributed by atoms with Gasteiger partial charge in [0.1, 0.15) is 11.4 Å². The minimum absolute atomic E-state index is 0.119. The van der Waals surface area contributed by atoms with Crippen LogP contribution in [0.1, 0.15) is 44.4 Å². The summed E-state index contributed by atoms with van der Waals surface area (Å²) in [6, 6.07) is 4.59. The summed E-state index contributed by atoms with van der Waals surface area (Å²) >= 11 is 0. The van der Waals surface area contributed by atoms with Crippen molar-refractivity contribution in [1.82, 2.24) is 4.90 Å². The molecule has 1 aliphatic rings. The first-order valence-corrected chi connectivity index (χ1v) is 7.66. The first-order chi connectivity index (χ1) is 10.2. The molecule has 1 amide bonds. The third kappa shape index (κ3) is 4.19. The number of carbonyl (C=O) groups excluding carboxylic acids is 1. The number of benzene rings is 1. The average molecular weight is 308 g/mol. The molecule has 1 saturated heterocycles. The number of hydrogen-bond acceptors (Lipinski definition) is 3. The van der Waals surface area contributed by atoms with E-state index in [1.54, 1.807) is 4.90 Å². The number of nitrogens with two attached hydrogens (primary N) is 1. The van der Waals surface area contributed by atoms with E-state index in [0.717, 1.165) is 17.5 Å². The molecule has 0 aliphatic carbocycles. The fourth-order valence-corrected chi connectivity index (χ4v) is 2.80. The van der Waals surface area contributed by atoms with Gasteiger partial charge in [-0.15, -0.1) is 0 Å². The first-order valence-electron chi connectivity index (χ1n) is 7.66. The molecular weight excluding hydrogens is 283 g/mol. The van der Waals surface area contributed by atoms with Gasteiger partial charge >= 0.3 is 6.09 Å². The maximum Gasteiger partial charge on any atom is 0.410 e. The van der Waals surface area contributed by atoms with E-state index in [9.17, 15) is 9.18 Å². The summed E-state index contributed by atoms with van der Waals surface area (Å²) in [5.41, 5.74) is 7.42. The fraction of sp³-hybridized carbons (Fsp3) is 0.588. The number of nitrogens with zero attached hydrogens (tertiary/aromatic N) is 1. The Morgan fingerprint density at radius 3 is 2.68 bits per heavy atom. The Balaban J connectivity index is 2.02. The molecule has 0 aromatic heterocycles. The van der Waals surface area contributed by atoms with E-state index in [0.29, 0.717) is 13.1 Å². The van der Waals surface area contributed by atoms with Crippen molar-refractivity contribution in [2.75, 3.05) is 13.1 Å². The molecule has 0 radical (unpaired) electrons. The Kier molecular flexibility index (Phi) is 4.75. The number of likely N-dealkylation sites (tertiary alicyclic amines) is 1. The number of amides is 1. The van der Waals surface area contributed by atoms with Gasteiger partial charge in [0.2, 0.25) is 0 Å². The quantitative estimate of drug-likeness (QED) is 0.911. The number of hydrogen-bond donors (Lipinski definition) is 1. The molecular formula is C17H25FN2O2. The molecule has 1 aliphatic heterocycles. The van der Waals surface area contributed by atoms with Gasteiger partial charge in [0, 0.05) is 19.1 Å². The van der Waals surface area contributed by atoms with Crippen LogP contribution >= 0.6 is 0 Å². The zero-order valence-corrected chi connectivity index (χ0v) is 13.7. The van der Waals surface area contributed by atoms with Crippen molar-refractivity contribution in [1.29, 1.82) is 0 Å². The highest BCUT2D eigenvalue weighted by Crippen LogP contribution is 2.30. The summed E-state index contributed by atoms with van der Waals surface area (Å²) in [6.07, 6.45) is 0.494. The molecule has 0 spiro atoms. The van der Waals surface area contributed by atoms with Gasteiger partial charge < -0.3 is 15.4 Å². The molecule has 0 saturated carbocycles. The number of rotatable bonds is 2. The Hall–Kier alpha value is -1.62. The Labute approximate surface area is 131 Å². The van der Waals surface area contributed by atoms with E-state index in [1.165, 1.54) is 12.1 Å². The molecule has 1 aromatic rings. The predicted octanol–water partition coefficient (Wildman–Crippen LogP) is 3.39. The lowest BCUT2D eigenvalue weighted by Crippen LogP contribution is -2.36. The Morgan fingerprint density at radius 1 is 1.41 bits per heavy atom. The number of ether oxygens (including phenoxy) is 1. The highest BCUT2D eigenvalue weighted by molar-refractivity contribution is 5.68. The third-order valence-corrected chi connectivity index (χ3v) is 3.83. The number of halogens is 1. The molecule has 22 heavy (non-hydrogen) atoms. The molecule has 2 atom stereocenters. The predicted molar refractivity (Wildman–Crippen MR) is 84.0 cm³/mol. The van der Waals surface area contributed by atoms with Gasteiger partial charge in [-0.3, -0.25) is 0 Å². The summed E-state index contributed by atoms with van der Waals surface area (Å²) in [7, 11) is 0. The maximum atomic E-state index is 13.5. The molecule has 2 rings (SSSR count). The van der Waals surface area contributed by atoms with Gasteiger partial charge in [0.05, 0.1) is 0 Å². The van der Waals surface area contributed by atoms with E-state index < -0.39 is 5.60 Å². The summed E-state index contributed by atoms with van der Waals surface area (Å²) in [6.45, 7) is 8.56. The second-order valence-electron chi connectivity index (χ2n) is 7.06. The van der Waals surface area contributed by atoms with Gasteiger partial charge in [0.15, 0.2) is 0 Å². The molecule has 0 bridgehead atoms. The first kappa shape index (κ1) is 16.7. The van der Waals surface area contributed by atoms with Crippen molar-refractivity contribution in [3.8, 4) is 0 Å². The lowest BCUT2D eigenvalue weighted by molar-refractivity contribution is 0.0286. The smallest absolute Gasteiger partial charge is 0.410 e. The lowest BCUT2D eigenvalue weighted by atomic mass is 9.92. The lowest BCUT2D eigenvalue weighted by Gasteiger charge is -2.25. The third-order valence-electron chi connectivity index (χ3n) is 3.83. The molecule has 2 N–H and O–H groups in total. The van der Waals surface area contributed by atoms with Gasteiger partial charge in [-0.2, -0.15) is 0 Å². The summed E-state index contributed by atoms with van der Waals surface area (Å²) in [4.78, 5) is 13.8. The van der Waals surface area contributed by atoms with Crippen molar-refractivity contribution >= 4 is 6.09 Å². The van der Waals surface area contributed by atoms with Crippen LogP contribution in [-0.2, 0) is 4.74 Å². The van der Waals surface area contributed by atoms with Crippen molar-refractivity contribution in [2.24, 2.45) is 11.7 Å². The topological polar surface area (TPSA) is 55.6 Å². The zero-order valence-electron chi connectivity index (χ0n) is 13.7. The Morgan fingerprint density at radius 2 is 2.09 bits per heavy atom. The van der Waals surface area contributed by atoms with Gasteiger partial charge in [-0.1, -0.05) is 6.07 Å². The van der Waals surface area contributed by atoms with Crippen LogP contribution in [0.15, 0.2) is 18.2 Å². The summed E-state index contributed by atoms with van der Waals surface area (Å²) in [5.74, 6) is -0.152. The molecule has 5 heteroatoms. The van der Waals surface area contributed by atoms with E-state index >= 15 is 0 Å². The van der Waals surface area contributed by atoms with Crippen molar-refractivity contribution in [3.63, 3.8) is 0 Å². The van der Waals surface area contributed by atoms with Crippen LogP contribution in [0.3, 0.4) is 0 Å². The fourth-order valence-electron chi connectivity index (χ4n) is 2.80. The van der Waals surface area contributed by atoms with Crippen LogP contribution in [0.2, 0.25) is 0 Å². The van der Waals surface area contributed by atoms with Crippen molar-refractivity contribution in [2.45, 2.75) is 45.8 Å². The average Bonchev–Trinajstić information content (AvgIpc) is 2.84. The SMILES string of the molecule is Cc1cc(F)cc(C(N)C2CCN(C(=O)OC(C)(C)C)C2)c1. The Bertz CT molecular complexity index is 534. The monoisotopic (exact) mass is 308 g/mol. The van der Waals surface area contributed by atoms with Gasteiger partial charge in [0.25, 0.3) is 0 Å². The minimum atomic E-state index is -0.503. The van der Waals surface area contributed by atoms with Crippen LogP contribution in [0.25, 0.3) is 0 Å². The van der Waals surface area contributed by atoms with Crippen LogP contribution < -0.4 is 5.73 Å². The summed E-state index contributed by atoms with van der Waals surface area (Å²) < 4.78 is 18.9. The van der Waals surface area contributed by atoms with E-state index in [-0.39, 0.29) is 23.9 Å². The summed E-state index contributed by atoms with van der Waals surface area (Å²) in [5, 5.41) is 0. The van der Waals surface area contributed by atoms with Crippen molar-refractivity contribution in [3.05, 3.63) is 35.1 Å². The van der Waals surface area contributed by atoms with E-state index in [4.69, 9.17) is 10.5 Å². The van der Waals surface area contributed by atoms with Crippen LogP contribution in [0.4, 0.5) is 9.18 Å². The molecule has 4 nitrogen and oxygen atoms in total. The second-order valence-corrected chi connectivity index (χ2v) is 7.06. The largest absolute Gasteiger partial charge is 0.444 e. The molecule has 122 valence electrons. The molecule has 2 unspecified atom stereocenters. The number of aryl methyl sites for hydroxylation is 1. The highest BCUT2D eigenvalue weighted by atomic mass is 19.1. The normalized spacial score (nSPS) is 20.1. The standard InChI is InChI=1S/C17H25FN2O2/c1-11-7-13(9-14(18)8-11)15(19)12-5-6-20(10-12)16(21)22-17(2,3)4/h7-9,12,15H,5-6,10,19H2,1-4H3. The van der Waals surface area contributed by atoms with Gasteiger partial charge in [-0.05, 0) is 63.3 Å². The molecule has 1 fully saturated rings.